The average Bonchev–Trinajstić information content (AvgIpc) is 1.85. The van der Waals surface area contributed by atoms with E-state index in [2.05, 4.69) is 19.8 Å². The molecule has 1 heteroatoms. The first-order valence-corrected chi connectivity index (χ1v) is 4.04. The highest BCUT2D eigenvalue weighted by Crippen LogP contribution is 2.38. The molecule has 0 N–H and O–H groups in total. The van der Waals surface area contributed by atoms with Crippen molar-refractivity contribution in [3.05, 3.63) is 0 Å². The van der Waals surface area contributed by atoms with Crippen LogP contribution in [0.4, 0.5) is 0 Å². The minimum atomic E-state index is 0.0318. The molecule has 1 rings (SSSR count). The predicted molar refractivity (Wildman–Crippen MR) is 45.0 cm³/mol. The van der Waals surface area contributed by atoms with Crippen LogP contribution in [0.3, 0.4) is 0 Å². The zero-order chi connectivity index (χ0) is 8.48. The molecule has 1 aliphatic rings. The van der Waals surface area contributed by atoms with Gasteiger partial charge in [0.05, 0.1) is 0 Å². The van der Waals surface area contributed by atoms with Gasteiger partial charge in [-0.3, -0.25) is 4.79 Å². The van der Waals surface area contributed by atoms with Crippen LogP contribution in [0.2, 0.25) is 0 Å². The van der Waals surface area contributed by atoms with Crippen LogP contribution in [0.1, 0.15) is 33.1 Å². The number of carbonyl (C=O) groups excluding carboxylic acids is 1. The Morgan fingerprint density at radius 1 is 1.64 bits per heavy atom. The fraction of sp³-hybridized carbons (Fsp3) is 0.700. The zero-order valence-corrected chi connectivity index (χ0v) is 7.18. The van der Waals surface area contributed by atoms with Crippen molar-refractivity contribution < 1.29 is 4.79 Å². The smallest absolute Gasteiger partial charge is 0.133 e. The van der Waals surface area contributed by atoms with Gasteiger partial charge in [-0.15, -0.1) is 12.3 Å². The lowest BCUT2D eigenvalue weighted by molar-refractivity contribution is -0.124. The second kappa shape index (κ2) is 2.70. The molecule has 0 aromatic carbocycles. The maximum absolute atomic E-state index is 11.1. The van der Waals surface area contributed by atoms with Crippen molar-refractivity contribution in [1.29, 1.82) is 0 Å². The minimum Gasteiger partial charge on any atom is -0.300 e. The third-order valence-corrected chi connectivity index (χ3v) is 2.51. The van der Waals surface area contributed by atoms with Crippen molar-refractivity contribution in [1.82, 2.24) is 0 Å². The number of rotatable bonds is 0. The summed E-state index contributed by atoms with van der Waals surface area (Å²) in [5.41, 5.74) is 0.0318. The largest absolute Gasteiger partial charge is 0.300 e. The number of terminal acetylenes is 1. The second-order valence-electron chi connectivity index (χ2n) is 3.96. The molecule has 1 unspecified atom stereocenters. The van der Waals surface area contributed by atoms with Crippen LogP contribution in [0, 0.1) is 23.7 Å². The highest BCUT2D eigenvalue weighted by atomic mass is 16.1. The van der Waals surface area contributed by atoms with Gasteiger partial charge in [0.15, 0.2) is 0 Å². The normalized spacial score (nSPS) is 29.5. The highest BCUT2D eigenvalue weighted by Gasteiger charge is 2.34. The molecule has 1 nitrogen and oxygen atoms in total. The minimum absolute atomic E-state index is 0.0318. The first-order valence-electron chi connectivity index (χ1n) is 4.04. The van der Waals surface area contributed by atoms with Crippen LogP contribution < -0.4 is 0 Å². The summed E-state index contributed by atoms with van der Waals surface area (Å²) >= 11 is 0. The van der Waals surface area contributed by atoms with Crippen molar-refractivity contribution in [2.75, 3.05) is 0 Å². The average molecular weight is 150 g/mol. The molecule has 0 radical (unpaired) electrons. The monoisotopic (exact) mass is 150 g/mol. The van der Waals surface area contributed by atoms with E-state index in [1.165, 1.54) is 0 Å². The molecule has 0 bridgehead atoms. The number of carbonyl (C=O) groups is 1. The summed E-state index contributed by atoms with van der Waals surface area (Å²) in [5.74, 6) is 3.42. The summed E-state index contributed by atoms with van der Waals surface area (Å²) < 4.78 is 0. The van der Waals surface area contributed by atoms with Gasteiger partial charge in [-0.05, 0) is 11.8 Å². The molecular weight excluding hydrogens is 136 g/mol. The third kappa shape index (κ3) is 1.63. The molecule has 1 aliphatic carbocycles. The standard InChI is InChI=1S/C10H14O/c1-4-8-5-6-9(11)7-10(8,2)3/h1,8H,5-7H2,2-3H3. The molecule has 1 saturated carbocycles. The van der Waals surface area contributed by atoms with E-state index in [9.17, 15) is 4.79 Å². The first-order chi connectivity index (χ1) is 5.06. The summed E-state index contributed by atoms with van der Waals surface area (Å²) in [5, 5.41) is 0. The van der Waals surface area contributed by atoms with Gasteiger partial charge in [0.25, 0.3) is 0 Å². The molecular formula is C10H14O. The summed E-state index contributed by atoms with van der Waals surface area (Å²) in [7, 11) is 0. The third-order valence-electron chi connectivity index (χ3n) is 2.51. The predicted octanol–water partition coefficient (Wildman–Crippen LogP) is 2.01. The molecule has 0 aromatic rings. The fourth-order valence-corrected chi connectivity index (χ4v) is 1.72. The van der Waals surface area contributed by atoms with E-state index >= 15 is 0 Å². The molecule has 0 saturated heterocycles. The van der Waals surface area contributed by atoms with Crippen LogP contribution in [-0.4, -0.2) is 5.78 Å². The lowest BCUT2D eigenvalue weighted by atomic mass is 9.69. The Morgan fingerprint density at radius 3 is 2.73 bits per heavy atom. The molecule has 11 heavy (non-hydrogen) atoms. The van der Waals surface area contributed by atoms with Gasteiger partial charge in [-0.1, -0.05) is 13.8 Å². The Morgan fingerprint density at radius 2 is 2.27 bits per heavy atom. The van der Waals surface area contributed by atoms with E-state index in [0.717, 1.165) is 6.42 Å². The zero-order valence-electron chi connectivity index (χ0n) is 7.18. The molecule has 0 aromatic heterocycles. The maximum Gasteiger partial charge on any atom is 0.133 e. The quantitative estimate of drug-likeness (QED) is 0.483. The Kier molecular flexibility index (Phi) is 2.04. The Hall–Kier alpha value is -0.770. The summed E-state index contributed by atoms with van der Waals surface area (Å²) in [6.07, 6.45) is 7.57. The number of Topliss-reactive ketones (excluding diaryl/α,β-unsaturated/α-hetero) is 1. The van der Waals surface area contributed by atoms with Crippen molar-refractivity contribution in [3.8, 4) is 12.3 Å². The number of hydrogen-bond acceptors (Lipinski definition) is 1. The molecule has 0 heterocycles. The topological polar surface area (TPSA) is 17.1 Å². The van der Waals surface area contributed by atoms with E-state index in [1.54, 1.807) is 0 Å². The van der Waals surface area contributed by atoms with Gasteiger partial charge in [0, 0.05) is 18.8 Å². The van der Waals surface area contributed by atoms with Crippen LogP contribution in [0.25, 0.3) is 0 Å². The van der Waals surface area contributed by atoms with E-state index < -0.39 is 0 Å². The van der Waals surface area contributed by atoms with E-state index in [-0.39, 0.29) is 5.41 Å². The molecule has 0 amide bonds. The van der Waals surface area contributed by atoms with Gasteiger partial charge < -0.3 is 0 Å². The molecule has 0 spiro atoms. The number of hydrogen-bond donors (Lipinski definition) is 0. The molecule has 1 fully saturated rings. The summed E-state index contributed by atoms with van der Waals surface area (Å²) in [6, 6.07) is 0. The van der Waals surface area contributed by atoms with Gasteiger partial charge >= 0.3 is 0 Å². The van der Waals surface area contributed by atoms with Gasteiger partial charge in [0.1, 0.15) is 5.78 Å². The second-order valence-corrected chi connectivity index (χ2v) is 3.96. The Labute approximate surface area is 68.2 Å². The molecule has 0 aliphatic heterocycles. The SMILES string of the molecule is C#CC1CCC(=O)CC1(C)C. The first kappa shape index (κ1) is 8.33. The van der Waals surface area contributed by atoms with E-state index in [4.69, 9.17) is 6.42 Å². The summed E-state index contributed by atoms with van der Waals surface area (Å²) in [4.78, 5) is 11.1. The lowest BCUT2D eigenvalue weighted by Crippen LogP contribution is -2.31. The van der Waals surface area contributed by atoms with Crippen LogP contribution in [0.5, 0.6) is 0 Å². The van der Waals surface area contributed by atoms with Gasteiger partial charge in [0.2, 0.25) is 0 Å². The van der Waals surface area contributed by atoms with Gasteiger partial charge in [-0.2, -0.15) is 0 Å². The van der Waals surface area contributed by atoms with Crippen molar-refractivity contribution in [3.63, 3.8) is 0 Å². The van der Waals surface area contributed by atoms with E-state index in [1.807, 2.05) is 0 Å². The molecule has 60 valence electrons. The van der Waals surface area contributed by atoms with Gasteiger partial charge in [-0.25, -0.2) is 0 Å². The van der Waals surface area contributed by atoms with Crippen LogP contribution >= 0.6 is 0 Å². The lowest BCUT2D eigenvalue weighted by Gasteiger charge is -2.34. The molecule has 1 atom stereocenters. The van der Waals surface area contributed by atoms with Crippen molar-refractivity contribution in [2.24, 2.45) is 11.3 Å². The Bertz CT molecular complexity index is 207. The highest BCUT2D eigenvalue weighted by molar-refractivity contribution is 5.80. The van der Waals surface area contributed by atoms with Crippen molar-refractivity contribution >= 4 is 5.78 Å². The van der Waals surface area contributed by atoms with Crippen molar-refractivity contribution in [2.45, 2.75) is 33.1 Å². The summed E-state index contributed by atoms with van der Waals surface area (Å²) in [6.45, 7) is 4.16. The Balaban J connectivity index is 2.73. The van der Waals surface area contributed by atoms with E-state index in [0.29, 0.717) is 24.5 Å². The van der Waals surface area contributed by atoms with Crippen LogP contribution in [-0.2, 0) is 4.79 Å². The van der Waals surface area contributed by atoms with Crippen LogP contribution in [0.15, 0.2) is 0 Å². The maximum atomic E-state index is 11.1. The number of ketones is 1. The fourth-order valence-electron chi connectivity index (χ4n) is 1.72.